The Bertz CT molecular complexity index is 1910. The maximum absolute atomic E-state index is 15.4. The van der Waals surface area contributed by atoms with E-state index in [1.54, 1.807) is 66.9 Å². The lowest BCUT2D eigenvalue weighted by atomic mass is 10.4. The first kappa shape index (κ1) is 33.7. The highest BCUT2D eigenvalue weighted by molar-refractivity contribution is 8.37. The van der Waals surface area contributed by atoms with Crippen LogP contribution < -0.4 is 32.1 Å². The number of nitrogens with zero attached hydrogens (tertiary/aromatic N) is 2. The van der Waals surface area contributed by atoms with E-state index in [1.165, 1.54) is 42.5 Å². The van der Waals surface area contributed by atoms with Crippen LogP contribution in [0, 0.1) is 0 Å². The molecular weight excluding hydrogens is 738 g/mol. The van der Waals surface area contributed by atoms with E-state index < -0.39 is 28.6 Å². The van der Waals surface area contributed by atoms with Crippen LogP contribution in [-0.2, 0) is 18.3 Å². The van der Waals surface area contributed by atoms with Crippen molar-refractivity contribution in [3.63, 3.8) is 0 Å². The van der Waals surface area contributed by atoms with Crippen LogP contribution in [0.5, 0.6) is 0 Å². The minimum atomic E-state index is -4.26. The maximum atomic E-state index is 15.4. The van der Waals surface area contributed by atoms with Crippen LogP contribution in [0.2, 0.25) is 20.1 Å². The van der Waals surface area contributed by atoms with E-state index in [9.17, 15) is 9.13 Å². The Morgan fingerprint density at radius 3 is 1.25 bits per heavy atom. The summed E-state index contributed by atoms with van der Waals surface area (Å²) in [7, 11) is -6.63. The highest BCUT2D eigenvalue weighted by Gasteiger charge is 2.44. The van der Waals surface area contributed by atoms with Crippen LogP contribution in [0.1, 0.15) is 0 Å². The molecule has 6 nitrogen and oxygen atoms in total. The van der Waals surface area contributed by atoms with Crippen molar-refractivity contribution < 1.29 is 18.3 Å². The minimum Gasteiger partial charge on any atom is -0.313 e. The Morgan fingerprint density at radius 2 is 0.909 bits per heavy atom. The van der Waals surface area contributed by atoms with Crippen molar-refractivity contribution in [3.8, 4) is 0 Å². The largest absolute Gasteiger partial charge is 0.313 e. The quantitative estimate of drug-likeness (QED) is 0.0854. The fourth-order valence-corrected chi connectivity index (χ4v) is 20.8. The SMILES string of the molecule is CSc1nc(P(=O)(c2ccccc2Cl)[PH](=O)c2ccccc2Cl)cc(P(=O)(c2ccccc2Cl)[PH](=O)c2ccccc2Cl)n1. The summed E-state index contributed by atoms with van der Waals surface area (Å²) < 4.78 is 59.8. The molecule has 0 radical (unpaired) electrons. The molecule has 44 heavy (non-hydrogen) atoms. The molecular formula is C29H22Cl4N2O4P4S. The van der Waals surface area contributed by atoms with Crippen molar-refractivity contribution in [1.29, 1.82) is 0 Å². The van der Waals surface area contributed by atoms with Gasteiger partial charge in [-0.2, -0.15) is 0 Å². The van der Waals surface area contributed by atoms with Gasteiger partial charge in [0, 0.05) is 21.2 Å². The van der Waals surface area contributed by atoms with Crippen LogP contribution in [-0.4, -0.2) is 16.2 Å². The predicted molar refractivity (Wildman–Crippen MR) is 191 cm³/mol. The third-order valence-electron chi connectivity index (χ3n) is 6.67. The standard InChI is InChI=1S/C29H22Cl4N2O4P4S/c1-44-29-34-27(42(38,25-16-8-4-12-21(25)32)40(36)23-14-6-2-10-19(23)30)18-28(35-29)43(39,26-17-9-5-13-22(26)33)41(37)24-15-7-3-11-20(24)31/h2-18,40-41H,1H3. The maximum Gasteiger partial charge on any atom is 0.218 e. The van der Waals surface area contributed by atoms with Gasteiger partial charge in [-0.3, -0.25) is 0 Å². The summed E-state index contributed by atoms with van der Waals surface area (Å²) in [4.78, 5) is 9.08. The van der Waals surface area contributed by atoms with Crippen molar-refractivity contribution in [2.24, 2.45) is 0 Å². The molecule has 4 unspecified atom stereocenters. The second-order valence-corrected chi connectivity index (χ2v) is 24.5. The molecule has 0 aliphatic rings. The average molecular weight is 760 g/mol. The van der Waals surface area contributed by atoms with E-state index in [0.29, 0.717) is 0 Å². The molecule has 15 heteroatoms. The lowest BCUT2D eigenvalue weighted by Crippen LogP contribution is -2.28. The predicted octanol–water partition coefficient (Wildman–Crippen LogP) is 8.04. The zero-order valence-electron chi connectivity index (χ0n) is 22.7. The van der Waals surface area contributed by atoms with Gasteiger partial charge in [-0.15, -0.1) is 0 Å². The Hall–Kier alpha value is -1.61. The lowest BCUT2D eigenvalue weighted by molar-refractivity contribution is 0.581. The van der Waals surface area contributed by atoms with E-state index in [-0.39, 0.29) is 57.3 Å². The fourth-order valence-electron chi connectivity index (χ4n) is 4.51. The van der Waals surface area contributed by atoms with Crippen LogP contribution in [0.25, 0.3) is 0 Å². The number of rotatable bonds is 9. The number of halogens is 4. The molecule has 4 aromatic carbocycles. The van der Waals surface area contributed by atoms with Crippen LogP contribution >= 0.6 is 86.8 Å². The zero-order chi connectivity index (χ0) is 31.6. The van der Waals surface area contributed by atoms with E-state index in [2.05, 4.69) is 9.97 Å². The van der Waals surface area contributed by atoms with Crippen molar-refractivity contribution in [3.05, 3.63) is 123 Å². The Morgan fingerprint density at radius 1 is 0.568 bits per heavy atom. The van der Waals surface area contributed by atoms with Crippen molar-refractivity contribution >= 4 is 119 Å². The molecule has 4 atom stereocenters. The van der Waals surface area contributed by atoms with Crippen molar-refractivity contribution in [1.82, 2.24) is 9.97 Å². The molecule has 0 saturated carbocycles. The summed E-state index contributed by atoms with van der Waals surface area (Å²) in [6.45, 7) is -8.52. The molecule has 1 aromatic heterocycles. The highest BCUT2D eigenvalue weighted by Crippen LogP contribution is 2.69. The fraction of sp³-hybridized carbons (Fsp3) is 0.0345. The number of hydrogen-bond donors (Lipinski definition) is 0. The first-order valence-corrected chi connectivity index (χ1v) is 23.4. The molecule has 5 rings (SSSR count). The summed E-state index contributed by atoms with van der Waals surface area (Å²) in [5.41, 5.74) is -0.324. The molecule has 0 fully saturated rings. The monoisotopic (exact) mass is 758 g/mol. The van der Waals surface area contributed by atoms with Gasteiger partial charge in [-0.05, 0) is 60.9 Å². The highest BCUT2D eigenvalue weighted by atomic mass is 35.5. The van der Waals surface area contributed by atoms with Crippen molar-refractivity contribution in [2.75, 3.05) is 6.26 Å². The van der Waals surface area contributed by atoms with Crippen LogP contribution in [0.4, 0.5) is 0 Å². The Balaban J connectivity index is 1.87. The third-order valence-corrected chi connectivity index (χ3v) is 23.6. The summed E-state index contributed by atoms with van der Waals surface area (Å²) in [5, 5.41) is 1.13. The number of hydrogen-bond acceptors (Lipinski definition) is 7. The number of benzene rings is 4. The summed E-state index contributed by atoms with van der Waals surface area (Å²) in [5.74, 6) is 0. The van der Waals surface area contributed by atoms with Gasteiger partial charge in [-0.1, -0.05) is 107 Å². The molecule has 0 aliphatic carbocycles. The molecule has 0 spiro atoms. The topological polar surface area (TPSA) is 94.1 Å². The first-order chi connectivity index (χ1) is 21.0. The molecule has 0 amide bonds. The molecule has 1 heterocycles. The average Bonchev–Trinajstić information content (AvgIpc) is 3.04. The molecule has 0 bridgehead atoms. The van der Waals surface area contributed by atoms with Gasteiger partial charge < -0.3 is 18.3 Å². The van der Waals surface area contributed by atoms with Gasteiger partial charge in [0.2, 0.25) is 13.7 Å². The zero-order valence-corrected chi connectivity index (χ0v) is 30.3. The minimum absolute atomic E-state index is 0.0694. The smallest absolute Gasteiger partial charge is 0.218 e. The lowest BCUT2D eigenvalue weighted by Gasteiger charge is -2.24. The van der Waals surface area contributed by atoms with E-state index in [1.807, 2.05) is 0 Å². The Kier molecular flexibility index (Phi) is 10.8. The van der Waals surface area contributed by atoms with E-state index in [0.717, 1.165) is 11.8 Å². The number of aromatic nitrogens is 2. The molecule has 226 valence electrons. The van der Waals surface area contributed by atoms with Crippen molar-refractivity contribution in [2.45, 2.75) is 5.16 Å². The summed E-state index contributed by atoms with van der Waals surface area (Å²) >= 11 is 27.2. The van der Waals surface area contributed by atoms with E-state index in [4.69, 9.17) is 46.4 Å². The third kappa shape index (κ3) is 6.22. The summed E-state index contributed by atoms with van der Waals surface area (Å²) in [6, 6.07) is 26.7. The summed E-state index contributed by atoms with van der Waals surface area (Å²) in [6.07, 6.45) is 1.68. The first-order valence-electron chi connectivity index (χ1n) is 12.8. The van der Waals surface area contributed by atoms with Gasteiger partial charge in [0.1, 0.15) is 10.9 Å². The van der Waals surface area contributed by atoms with Gasteiger partial charge in [-0.25, -0.2) is 9.97 Å². The van der Waals surface area contributed by atoms with Crippen LogP contribution in [0.3, 0.4) is 0 Å². The second-order valence-electron chi connectivity index (χ2n) is 9.26. The molecule has 0 saturated heterocycles. The van der Waals surface area contributed by atoms with Crippen LogP contribution in [0.15, 0.2) is 108 Å². The Labute approximate surface area is 280 Å². The molecule has 5 aromatic rings. The molecule has 0 aliphatic heterocycles. The van der Waals surface area contributed by atoms with Gasteiger partial charge in [0.25, 0.3) is 0 Å². The van der Waals surface area contributed by atoms with Gasteiger partial charge in [0.15, 0.2) is 20.1 Å². The number of thioether (sulfide) groups is 1. The van der Waals surface area contributed by atoms with E-state index >= 15 is 9.13 Å². The second kappa shape index (κ2) is 14.0. The normalized spacial score (nSPS) is 15.6. The van der Waals surface area contributed by atoms with Gasteiger partial charge in [0.05, 0.1) is 20.1 Å². The van der Waals surface area contributed by atoms with Gasteiger partial charge >= 0.3 is 0 Å². The molecule has 0 N–H and O–H groups in total.